The number of piperidine rings is 1. The van der Waals surface area contributed by atoms with Gasteiger partial charge in [0.15, 0.2) is 6.10 Å². The third-order valence-electron chi connectivity index (χ3n) is 6.10. The molecule has 160 valence electrons. The first-order valence-electron chi connectivity index (χ1n) is 10.3. The fourth-order valence-corrected chi connectivity index (χ4v) is 4.15. The lowest BCUT2D eigenvalue weighted by Gasteiger charge is -2.36. The molecule has 1 atom stereocenters. The van der Waals surface area contributed by atoms with Crippen LogP contribution in [0.1, 0.15) is 30.9 Å². The fraction of sp³-hybridized carbons (Fsp3) is 0.500. The lowest BCUT2D eigenvalue weighted by molar-refractivity contribution is -0.139. The van der Waals surface area contributed by atoms with Gasteiger partial charge in [-0.05, 0) is 51.3 Å². The van der Waals surface area contributed by atoms with Gasteiger partial charge in [0.2, 0.25) is 0 Å². The van der Waals surface area contributed by atoms with Crippen molar-refractivity contribution >= 4 is 23.0 Å². The number of cyclic esters (lactones) is 1. The van der Waals surface area contributed by atoms with E-state index in [2.05, 4.69) is 0 Å². The summed E-state index contributed by atoms with van der Waals surface area (Å²) in [5.41, 5.74) is 1.54. The maximum Gasteiger partial charge on any atom is 0.410 e. The van der Waals surface area contributed by atoms with Crippen LogP contribution in [0.5, 0.6) is 5.75 Å². The van der Waals surface area contributed by atoms with E-state index in [4.69, 9.17) is 13.9 Å². The second kappa shape index (κ2) is 8.01. The van der Waals surface area contributed by atoms with Crippen molar-refractivity contribution < 1.29 is 23.5 Å². The molecule has 0 N–H and O–H groups in total. The van der Waals surface area contributed by atoms with Crippen molar-refractivity contribution in [1.29, 1.82) is 0 Å². The Balaban J connectivity index is 1.39. The Morgan fingerprint density at radius 3 is 2.53 bits per heavy atom. The van der Waals surface area contributed by atoms with Crippen molar-refractivity contribution in [2.75, 3.05) is 26.2 Å². The fourth-order valence-electron chi connectivity index (χ4n) is 4.15. The van der Waals surface area contributed by atoms with Crippen LogP contribution < -0.4 is 10.4 Å². The average Bonchev–Trinajstić information content (AvgIpc) is 3.17. The highest BCUT2D eigenvalue weighted by atomic mass is 16.6. The molecule has 1 aromatic carbocycles. The lowest BCUT2D eigenvalue weighted by Crippen LogP contribution is -2.49. The van der Waals surface area contributed by atoms with Crippen LogP contribution >= 0.6 is 0 Å². The van der Waals surface area contributed by atoms with Gasteiger partial charge in [-0.25, -0.2) is 9.59 Å². The first-order chi connectivity index (χ1) is 14.3. The maximum atomic E-state index is 12.8. The van der Waals surface area contributed by atoms with Crippen LogP contribution in [0.25, 0.3) is 11.0 Å². The van der Waals surface area contributed by atoms with E-state index in [0.29, 0.717) is 43.1 Å². The largest absolute Gasteiger partial charge is 0.481 e. The highest BCUT2D eigenvalue weighted by Crippen LogP contribution is 2.25. The molecule has 4 rings (SSSR count). The molecule has 0 aliphatic carbocycles. The van der Waals surface area contributed by atoms with Crippen molar-refractivity contribution in [3.8, 4) is 5.75 Å². The van der Waals surface area contributed by atoms with Gasteiger partial charge in [-0.2, -0.15) is 0 Å². The Morgan fingerprint density at radius 1 is 1.13 bits per heavy atom. The molecule has 0 radical (unpaired) electrons. The van der Waals surface area contributed by atoms with Gasteiger partial charge in [0.1, 0.15) is 17.9 Å². The Morgan fingerprint density at radius 2 is 1.87 bits per heavy atom. The molecule has 1 unspecified atom stereocenters. The smallest absolute Gasteiger partial charge is 0.410 e. The number of carbonyl (C=O) groups excluding carboxylic acids is 2. The predicted molar refractivity (Wildman–Crippen MR) is 110 cm³/mol. The monoisotopic (exact) mass is 414 g/mol. The first-order valence-corrected chi connectivity index (χ1v) is 10.3. The van der Waals surface area contributed by atoms with E-state index in [1.165, 1.54) is 0 Å². The molecule has 3 heterocycles. The molecule has 2 amide bonds. The van der Waals surface area contributed by atoms with Crippen molar-refractivity contribution in [3.05, 3.63) is 39.7 Å². The van der Waals surface area contributed by atoms with Crippen LogP contribution in [0.3, 0.4) is 0 Å². The number of likely N-dealkylation sites (tertiary alicyclic amines) is 1. The van der Waals surface area contributed by atoms with Gasteiger partial charge >= 0.3 is 11.7 Å². The minimum absolute atomic E-state index is 0.0981. The average molecular weight is 414 g/mol. The second-order valence-electron chi connectivity index (χ2n) is 7.92. The highest BCUT2D eigenvalue weighted by Gasteiger charge is 2.34. The zero-order valence-electron chi connectivity index (χ0n) is 17.5. The van der Waals surface area contributed by atoms with Gasteiger partial charge in [0.25, 0.3) is 5.91 Å². The van der Waals surface area contributed by atoms with Crippen molar-refractivity contribution in [2.45, 2.75) is 45.8 Å². The van der Waals surface area contributed by atoms with E-state index in [9.17, 15) is 14.4 Å². The summed E-state index contributed by atoms with van der Waals surface area (Å²) < 4.78 is 16.2. The number of rotatable bonds is 4. The number of nitrogens with zero attached hydrogens (tertiary/aromatic N) is 2. The summed E-state index contributed by atoms with van der Waals surface area (Å²) in [5.74, 6) is 0.378. The number of fused-ring (bicyclic) bond motifs is 1. The first kappa shape index (κ1) is 20.3. The lowest BCUT2D eigenvalue weighted by atomic mass is 10.0. The molecule has 2 aromatic rings. The Labute approximate surface area is 174 Å². The summed E-state index contributed by atoms with van der Waals surface area (Å²) >= 11 is 0. The summed E-state index contributed by atoms with van der Waals surface area (Å²) in [6, 6.07) is 5.39. The van der Waals surface area contributed by atoms with Gasteiger partial charge in [-0.1, -0.05) is 0 Å². The van der Waals surface area contributed by atoms with Gasteiger partial charge in [0.05, 0.1) is 6.54 Å². The molecule has 8 heteroatoms. The van der Waals surface area contributed by atoms with E-state index >= 15 is 0 Å². The topological polar surface area (TPSA) is 89.3 Å². The number of ether oxygens (including phenoxy) is 2. The second-order valence-corrected chi connectivity index (χ2v) is 7.92. The number of benzene rings is 1. The zero-order valence-corrected chi connectivity index (χ0v) is 17.5. The van der Waals surface area contributed by atoms with Crippen molar-refractivity contribution in [3.63, 3.8) is 0 Å². The molecule has 0 bridgehead atoms. The summed E-state index contributed by atoms with van der Waals surface area (Å²) in [6.45, 7) is 7.54. The Kier molecular flexibility index (Phi) is 5.40. The van der Waals surface area contributed by atoms with Gasteiger partial charge < -0.3 is 23.7 Å². The minimum atomic E-state index is -0.672. The van der Waals surface area contributed by atoms with E-state index in [0.717, 1.165) is 23.8 Å². The maximum absolute atomic E-state index is 12.8. The molecular formula is C22H26N2O6. The summed E-state index contributed by atoms with van der Waals surface area (Å²) in [4.78, 5) is 40.0. The summed E-state index contributed by atoms with van der Waals surface area (Å²) in [5, 5.41) is 0.848. The van der Waals surface area contributed by atoms with E-state index in [1.54, 1.807) is 35.8 Å². The van der Waals surface area contributed by atoms with Crippen LogP contribution in [0, 0.1) is 13.8 Å². The number of amides is 2. The van der Waals surface area contributed by atoms with Crippen LogP contribution in [0.2, 0.25) is 0 Å². The quantitative estimate of drug-likeness (QED) is 0.715. The summed E-state index contributed by atoms with van der Waals surface area (Å²) in [6.07, 6.45) is 0.527. The van der Waals surface area contributed by atoms with E-state index in [1.807, 2.05) is 13.0 Å². The number of hydrogen-bond donors (Lipinski definition) is 0. The number of aryl methyl sites for hydroxylation is 1. The molecule has 1 aromatic heterocycles. The van der Waals surface area contributed by atoms with Gasteiger partial charge in [-0.15, -0.1) is 0 Å². The minimum Gasteiger partial charge on any atom is -0.481 e. The van der Waals surface area contributed by atoms with Crippen molar-refractivity contribution in [2.24, 2.45) is 0 Å². The highest BCUT2D eigenvalue weighted by molar-refractivity contribution is 5.83. The molecule has 8 nitrogen and oxygen atoms in total. The molecule has 30 heavy (non-hydrogen) atoms. The van der Waals surface area contributed by atoms with Gasteiger partial charge in [0, 0.05) is 36.1 Å². The standard InChI is InChI=1S/C22H26N2O6/c1-13-14(2)21(26)30-19-12-17(4-5-18(13)19)29-15(3)20(25)23-8-6-16(7-9-23)24-10-11-28-22(24)27/h4-5,12,15-16H,6-11H2,1-3H3. The van der Waals surface area contributed by atoms with Crippen LogP contribution in [0.15, 0.2) is 27.4 Å². The SMILES string of the molecule is Cc1c(C)c2ccc(OC(C)C(=O)N3CCC(N4CCOC4=O)CC3)cc2oc1=O. The molecule has 0 saturated carbocycles. The normalized spacial score (nSPS) is 18.6. The molecule has 2 aliphatic rings. The molecule has 0 spiro atoms. The molecular weight excluding hydrogens is 388 g/mol. The predicted octanol–water partition coefficient (Wildman–Crippen LogP) is 2.62. The number of carbonyl (C=O) groups is 2. The van der Waals surface area contributed by atoms with Crippen molar-refractivity contribution in [1.82, 2.24) is 9.80 Å². The van der Waals surface area contributed by atoms with Gasteiger partial charge in [-0.3, -0.25) is 4.79 Å². The molecule has 2 fully saturated rings. The van der Waals surface area contributed by atoms with Crippen LogP contribution in [0.4, 0.5) is 4.79 Å². The van der Waals surface area contributed by atoms with Crippen LogP contribution in [-0.4, -0.2) is 60.2 Å². The Hall–Kier alpha value is -3.03. The zero-order chi connectivity index (χ0) is 21.4. The number of hydrogen-bond acceptors (Lipinski definition) is 6. The summed E-state index contributed by atoms with van der Waals surface area (Å²) in [7, 11) is 0. The molecule has 2 saturated heterocycles. The molecule has 2 aliphatic heterocycles. The third-order valence-corrected chi connectivity index (χ3v) is 6.10. The third kappa shape index (κ3) is 3.74. The van der Waals surface area contributed by atoms with E-state index < -0.39 is 6.10 Å². The Bertz CT molecular complexity index is 1040. The van der Waals surface area contributed by atoms with Crippen LogP contribution in [-0.2, 0) is 9.53 Å². The van der Waals surface area contributed by atoms with E-state index in [-0.39, 0.29) is 23.7 Å².